The SMILES string of the molecule is CC(C)c1ccc2oc(-c3ccc(NC(=O)/C=C/c4cccc([N+](=O)[O-])c4)cc3)nc2c1. The third-order valence-corrected chi connectivity index (χ3v) is 4.99. The van der Waals surface area contributed by atoms with Gasteiger partial charge in [-0.3, -0.25) is 14.9 Å². The van der Waals surface area contributed by atoms with Gasteiger partial charge in [-0.15, -0.1) is 0 Å². The highest BCUT2D eigenvalue weighted by atomic mass is 16.6. The molecule has 32 heavy (non-hydrogen) atoms. The van der Waals surface area contributed by atoms with Gasteiger partial charge in [0.1, 0.15) is 5.52 Å². The molecular weight excluding hydrogens is 406 g/mol. The first-order valence-corrected chi connectivity index (χ1v) is 10.1. The molecule has 7 heteroatoms. The largest absolute Gasteiger partial charge is 0.436 e. The maximum Gasteiger partial charge on any atom is 0.270 e. The number of aromatic nitrogens is 1. The number of benzene rings is 3. The van der Waals surface area contributed by atoms with Gasteiger partial charge >= 0.3 is 0 Å². The summed E-state index contributed by atoms with van der Waals surface area (Å²) in [5, 5.41) is 13.6. The van der Waals surface area contributed by atoms with Crippen LogP contribution in [0.25, 0.3) is 28.6 Å². The van der Waals surface area contributed by atoms with Gasteiger partial charge in [-0.2, -0.15) is 0 Å². The number of oxazole rings is 1. The number of carbonyl (C=O) groups is 1. The second-order valence-electron chi connectivity index (χ2n) is 7.65. The smallest absolute Gasteiger partial charge is 0.270 e. The molecule has 1 amide bonds. The zero-order valence-corrected chi connectivity index (χ0v) is 17.6. The molecule has 0 aliphatic carbocycles. The van der Waals surface area contributed by atoms with Crippen molar-refractivity contribution in [3.63, 3.8) is 0 Å². The van der Waals surface area contributed by atoms with Crippen LogP contribution in [0, 0.1) is 10.1 Å². The minimum Gasteiger partial charge on any atom is -0.436 e. The van der Waals surface area contributed by atoms with Gasteiger partial charge in [0.2, 0.25) is 11.8 Å². The summed E-state index contributed by atoms with van der Waals surface area (Å²) in [7, 11) is 0. The van der Waals surface area contributed by atoms with E-state index in [9.17, 15) is 14.9 Å². The molecule has 0 spiro atoms. The lowest BCUT2D eigenvalue weighted by Gasteiger charge is -2.03. The van der Waals surface area contributed by atoms with Crippen LogP contribution >= 0.6 is 0 Å². The fourth-order valence-corrected chi connectivity index (χ4v) is 3.22. The molecule has 0 unspecified atom stereocenters. The molecule has 0 radical (unpaired) electrons. The highest BCUT2D eigenvalue weighted by molar-refractivity contribution is 6.02. The Bertz CT molecular complexity index is 1320. The van der Waals surface area contributed by atoms with Crippen molar-refractivity contribution in [3.05, 3.63) is 94.0 Å². The highest BCUT2D eigenvalue weighted by Crippen LogP contribution is 2.27. The van der Waals surface area contributed by atoms with Crippen molar-refractivity contribution in [2.45, 2.75) is 19.8 Å². The number of amides is 1. The first-order chi connectivity index (χ1) is 15.4. The van der Waals surface area contributed by atoms with Gasteiger partial charge in [-0.05, 0) is 59.5 Å². The zero-order chi connectivity index (χ0) is 22.7. The normalized spacial score (nSPS) is 11.3. The second kappa shape index (κ2) is 8.85. The van der Waals surface area contributed by atoms with Crippen LogP contribution in [0.4, 0.5) is 11.4 Å². The zero-order valence-electron chi connectivity index (χ0n) is 17.6. The fourth-order valence-electron chi connectivity index (χ4n) is 3.22. The van der Waals surface area contributed by atoms with E-state index in [4.69, 9.17) is 4.42 Å². The van der Waals surface area contributed by atoms with E-state index in [0.717, 1.165) is 16.7 Å². The molecule has 0 atom stereocenters. The van der Waals surface area contributed by atoms with E-state index in [-0.39, 0.29) is 11.6 Å². The van der Waals surface area contributed by atoms with Gasteiger partial charge < -0.3 is 9.73 Å². The number of carbonyl (C=O) groups excluding carboxylic acids is 1. The molecule has 4 aromatic rings. The molecule has 0 fully saturated rings. The Kier molecular flexibility index (Phi) is 5.81. The molecule has 1 N–H and O–H groups in total. The summed E-state index contributed by atoms with van der Waals surface area (Å²) >= 11 is 0. The molecule has 160 valence electrons. The Labute approximate surface area is 184 Å². The van der Waals surface area contributed by atoms with Crippen LogP contribution in [0.3, 0.4) is 0 Å². The minimum absolute atomic E-state index is 0.0252. The summed E-state index contributed by atoms with van der Waals surface area (Å²) in [6.07, 6.45) is 2.86. The lowest BCUT2D eigenvalue weighted by molar-refractivity contribution is -0.384. The minimum atomic E-state index is -0.473. The van der Waals surface area contributed by atoms with Gasteiger partial charge in [0.25, 0.3) is 5.69 Å². The molecule has 0 aliphatic rings. The van der Waals surface area contributed by atoms with Crippen LogP contribution in [-0.2, 0) is 4.79 Å². The summed E-state index contributed by atoms with van der Waals surface area (Å²) in [5.74, 6) is 0.588. The predicted molar refractivity (Wildman–Crippen MR) is 124 cm³/mol. The molecule has 0 saturated carbocycles. The summed E-state index contributed by atoms with van der Waals surface area (Å²) < 4.78 is 5.87. The van der Waals surface area contributed by atoms with E-state index in [2.05, 4.69) is 24.1 Å². The van der Waals surface area contributed by atoms with Crippen molar-refractivity contribution in [1.82, 2.24) is 4.98 Å². The fraction of sp³-hybridized carbons (Fsp3) is 0.120. The molecule has 1 heterocycles. The molecule has 0 bridgehead atoms. The highest BCUT2D eigenvalue weighted by Gasteiger charge is 2.10. The molecular formula is C25H21N3O4. The van der Waals surface area contributed by atoms with Gasteiger partial charge in [0.05, 0.1) is 4.92 Å². The lowest BCUT2D eigenvalue weighted by atomic mass is 10.0. The number of rotatable bonds is 6. The molecule has 4 rings (SSSR count). The molecule has 1 aromatic heterocycles. The van der Waals surface area contributed by atoms with Crippen molar-refractivity contribution >= 4 is 34.5 Å². The van der Waals surface area contributed by atoms with Crippen LogP contribution < -0.4 is 5.32 Å². The summed E-state index contributed by atoms with van der Waals surface area (Å²) in [6.45, 7) is 4.27. The number of nitrogens with zero attached hydrogens (tertiary/aromatic N) is 2. The third kappa shape index (κ3) is 4.73. The van der Waals surface area contributed by atoms with Crippen molar-refractivity contribution in [2.24, 2.45) is 0 Å². The van der Waals surface area contributed by atoms with E-state index in [1.165, 1.54) is 29.8 Å². The molecule has 0 saturated heterocycles. The van der Waals surface area contributed by atoms with E-state index in [0.29, 0.717) is 23.1 Å². The number of non-ortho nitro benzene ring substituents is 1. The van der Waals surface area contributed by atoms with E-state index in [1.807, 2.05) is 30.3 Å². The van der Waals surface area contributed by atoms with Gasteiger partial charge in [0, 0.05) is 29.5 Å². The van der Waals surface area contributed by atoms with Crippen LogP contribution in [0.5, 0.6) is 0 Å². The number of anilines is 1. The Morgan fingerprint density at radius 3 is 2.59 bits per heavy atom. The summed E-state index contributed by atoms with van der Waals surface area (Å²) in [6, 6.07) is 19.3. The van der Waals surface area contributed by atoms with Gasteiger partial charge in [-0.25, -0.2) is 4.98 Å². The monoisotopic (exact) mass is 427 g/mol. The average molecular weight is 427 g/mol. The van der Waals surface area contributed by atoms with Crippen molar-refractivity contribution < 1.29 is 14.1 Å². The molecule has 3 aromatic carbocycles. The lowest BCUT2D eigenvalue weighted by Crippen LogP contribution is -2.07. The first kappa shape index (κ1) is 21.0. The third-order valence-electron chi connectivity index (χ3n) is 4.99. The Morgan fingerprint density at radius 2 is 1.88 bits per heavy atom. The summed E-state index contributed by atoms with van der Waals surface area (Å²) in [4.78, 5) is 27.2. The van der Waals surface area contributed by atoms with Crippen molar-refractivity contribution in [3.8, 4) is 11.5 Å². The van der Waals surface area contributed by atoms with Crippen molar-refractivity contribution in [2.75, 3.05) is 5.32 Å². The summed E-state index contributed by atoms with van der Waals surface area (Å²) in [5.41, 5.74) is 4.71. The van der Waals surface area contributed by atoms with Crippen LogP contribution in [0.15, 0.2) is 77.2 Å². The van der Waals surface area contributed by atoms with Crippen LogP contribution in [-0.4, -0.2) is 15.8 Å². The predicted octanol–water partition coefficient (Wildman–Crippen LogP) is 6.18. The quantitative estimate of drug-likeness (QED) is 0.225. The number of hydrogen-bond acceptors (Lipinski definition) is 5. The number of fused-ring (bicyclic) bond motifs is 1. The first-order valence-electron chi connectivity index (χ1n) is 10.1. The Morgan fingerprint density at radius 1 is 1.09 bits per heavy atom. The van der Waals surface area contributed by atoms with E-state index < -0.39 is 4.92 Å². The van der Waals surface area contributed by atoms with Crippen LogP contribution in [0.2, 0.25) is 0 Å². The average Bonchev–Trinajstić information content (AvgIpc) is 3.22. The number of nitro benzene ring substituents is 1. The van der Waals surface area contributed by atoms with Crippen molar-refractivity contribution in [1.29, 1.82) is 0 Å². The molecule has 7 nitrogen and oxygen atoms in total. The van der Waals surface area contributed by atoms with Gasteiger partial charge in [0.15, 0.2) is 5.58 Å². The Hall–Kier alpha value is -4.26. The maximum atomic E-state index is 12.2. The van der Waals surface area contributed by atoms with E-state index >= 15 is 0 Å². The van der Waals surface area contributed by atoms with Crippen LogP contribution in [0.1, 0.15) is 30.9 Å². The number of nitrogens with one attached hydrogen (secondary N) is 1. The maximum absolute atomic E-state index is 12.2. The Balaban J connectivity index is 1.44. The standard InChI is InChI=1S/C25H21N3O4/c1-16(2)19-9-12-23-22(15-19)27-25(32-23)18-7-10-20(11-8-18)26-24(29)13-6-17-4-3-5-21(14-17)28(30)31/h3-16H,1-2H3,(H,26,29)/b13-6+. The van der Waals surface area contributed by atoms with E-state index in [1.54, 1.807) is 24.3 Å². The number of hydrogen-bond donors (Lipinski definition) is 1. The topological polar surface area (TPSA) is 98.3 Å². The van der Waals surface area contributed by atoms with Gasteiger partial charge in [-0.1, -0.05) is 32.0 Å². The molecule has 0 aliphatic heterocycles. The number of nitro groups is 1. The second-order valence-corrected chi connectivity index (χ2v) is 7.65.